The zero-order valence-corrected chi connectivity index (χ0v) is 11.8. The van der Waals surface area contributed by atoms with E-state index in [1.54, 1.807) is 11.3 Å². The maximum Gasteiger partial charge on any atom is 0.280 e. The highest BCUT2D eigenvalue weighted by molar-refractivity contribution is 7.87. The molecule has 2 aromatic rings. The van der Waals surface area contributed by atoms with E-state index < -0.39 is 10.2 Å². The Morgan fingerprint density at radius 2 is 2.00 bits per heavy atom. The van der Waals surface area contributed by atoms with Crippen LogP contribution in [-0.4, -0.2) is 19.3 Å². The third-order valence-electron chi connectivity index (χ3n) is 3.11. The Labute approximate surface area is 116 Å². The third-order valence-corrected chi connectivity index (χ3v) is 5.63. The van der Waals surface area contributed by atoms with Crippen molar-refractivity contribution in [1.29, 1.82) is 0 Å². The minimum atomic E-state index is -3.37. The van der Waals surface area contributed by atoms with Crippen molar-refractivity contribution in [3.63, 3.8) is 0 Å². The van der Waals surface area contributed by atoms with E-state index >= 15 is 0 Å². The van der Waals surface area contributed by atoms with Crippen LogP contribution in [0.1, 0.15) is 16.5 Å². The molecule has 19 heavy (non-hydrogen) atoms. The highest BCUT2D eigenvalue weighted by atomic mass is 32.2. The Morgan fingerprint density at radius 1 is 1.21 bits per heavy atom. The molecule has 1 unspecified atom stereocenters. The number of nitrogens with one attached hydrogen (secondary N) is 1. The van der Waals surface area contributed by atoms with Gasteiger partial charge in [-0.15, -0.1) is 11.3 Å². The second-order valence-corrected chi connectivity index (χ2v) is 7.15. The lowest BCUT2D eigenvalue weighted by atomic mass is 10.2. The lowest BCUT2D eigenvalue weighted by Gasteiger charge is -2.13. The van der Waals surface area contributed by atoms with Crippen LogP contribution in [0.3, 0.4) is 0 Å². The summed E-state index contributed by atoms with van der Waals surface area (Å²) in [6.07, 6.45) is 0. The summed E-state index contributed by atoms with van der Waals surface area (Å²) in [6.45, 7) is 0.899. The largest absolute Gasteiger partial charge is 0.280 e. The zero-order valence-electron chi connectivity index (χ0n) is 10.2. The number of thiophene rings is 1. The molecule has 3 rings (SSSR count). The van der Waals surface area contributed by atoms with E-state index in [1.807, 2.05) is 47.8 Å². The van der Waals surface area contributed by atoms with Gasteiger partial charge in [-0.05, 0) is 17.0 Å². The second kappa shape index (κ2) is 5.05. The van der Waals surface area contributed by atoms with Crippen molar-refractivity contribution in [2.75, 3.05) is 6.54 Å². The van der Waals surface area contributed by atoms with Crippen molar-refractivity contribution in [2.24, 2.45) is 0 Å². The van der Waals surface area contributed by atoms with Gasteiger partial charge < -0.3 is 0 Å². The summed E-state index contributed by atoms with van der Waals surface area (Å²) in [4.78, 5) is 1.05. The fourth-order valence-electron chi connectivity index (χ4n) is 2.17. The normalized spacial score (nSPS) is 22.6. The highest BCUT2D eigenvalue weighted by Crippen LogP contribution is 2.27. The number of nitrogens with zero attached hydrogens (tertiary/aromatic N) is 1. The molecule has 1 atom stereocenters. The molecule has 1 aliphatic rings. The van der Waals surface area contributed by atoms with E-state index in [0.29, 0.717) is 13.1 Å². The van der Waals surface area contributed by atoms with Crippen LogP contribution < -0.4 is 4.72 Å². The lowest BCUT2D eigenvalue weighted by Crippen LogP contribution is -2.29. The topological polar surface area (TPSA) is 49.4 Å². The molecule has 2 heterocycles. The van der Waals surface area contributed by atoms with Crippen LogP contribution in [0.2, 0.25) is 0 Å². The van der Waals surface area contributed by atoms with Gasteiger partial charge in [-0.25, -0.2) is 0 Å². The summed E-state index contributed by atoms with van der Waals surface area (Å²) in [5.41, 5.74) is 1.000. The van der Waals surface area contributed by atoms with Crippen molar-refractivity contribution in [3.8, 4) is 0 Å². The van der Waals surface area contributed by atoms with Crippen molar-refractivity contribution >= 4 is 21.5 Å². The summed E-state index contributed by atoms with van der Waals surface area (Å²) < 4.78 is 28.4. The van der Waals surface area contributed by atoms with E-state index in [4.69, 9.17) is 0 Å². The van der Waals surface area contributed by atoms with Gasteiger partial charge in [0.15, 0.2) is 0 Å². The minimum absolute atomic E-state index is 0.131. The first-order valence-electron chi connectivity index (χ1n) is 6.00. The first-order valence-corrected chi connectivity index (χ1v) is 8.32. The average Bonchev–Trinajstić information content (AvgIpc) is 2.99. The maximum absolute atomic E-state index is 12.1. The molecule has 1 saturated heterocycles. The predicted octanol–water partition coefficient (Wildman–Crippen LogP) is 2.14. The number of benzene rings is 1. The Morgan fingerprint density at radius 3 is 2.68 bits per heavy atom. The summed E-state index contributed by atoms with van der Waals surface area (Å²) in [7, 11) is -3.37. The number of hydrogen-bond acceptors (Lipinski definition) is 3. The van der Waals surface area contributed by atoms with Gasteiger partial charge in [0, 0.05) is 18.0 Å². The maximum atomic E-state index is 12.1. The van der Waals surface area contributed by atoms with Gasteiger partial charge in [-0.3, -0.25) is 0 Å². The van der Waals surface area contributed by atoms with Gasteiger partial charge in [0.1, 0.15) is 0 Å². The molecular weight excluding hydrogens is 280 g/mol. The molecule has 0 radical (unpaired) electrons. The highest BCUT2D eigenvalue weighted by Gasteiger charge is 2.36. The Hall–Kier alpha value is -1.21. The molecule has 0 aliphatic carbocycles. The Kier molecular flexibility index (Phi) is 3.40. The van der Waals surface area contributed by atoms with Gasteiger partial charge in [-0.1, -0.05) is 36.4 Å². The van der Waals surface area contributed by atoms with Crippen molar-refractivity contribution in [3.05, 3.63) is 58.3 Å². The van der Waals surface area contributed by atoms with Gasteiger partial charge in [-0.2, -0.15) is 17.4 Å². The fraction of sp³-hybridized carbons (Fsp3) is 0.231. The van der Waals surface area contributed by atoms with E-state index in [2.05, 4.69) is 4.72 Å². The lowest BCUT2D eigenvalue weighted by molar-refractivity contribution is 0.427. The predicted molar refractivity (Wildman–Crippen MR) is 76.0 cm³/mol. The van der Waals surface area contributed by atoms with Crippen LogP contribution in [0, 0.1) is 0 Å². The van der Waals surface area contributed by atoms with Crippen molar-refractivity contribution in [1.82, 2.24) is 9.03 Å². The zero-order chi connectivity index (χ0) is 13.3. The molecule has 100 valence electrons. The smallest absolute Gasteiger partial charge is 0.195 e. The van der Waals surface area contributed by atoms with E-state index in [-0.39, 0.29) is 6.04 Å². The SMILES string of the molecule is O=S1(=O)NC(c2cccs2)CN1Cc1ccccc1. The Bertz CT molecular complexity index is 639. The van der Waals surface area contributed by atoms with E-state index in [9.17, 15) is 8.42 Å². The van der Waals surface area contributed by atoms with Crippen molar-refractivity contribution < 1.29 is 8.42 Å². The van der Waals surface area contributed by atoms with Crippen LogP contribution in [-0.2, 0) is 16.8 Å². The summed E-state index contributed by atoms with van der Waals surface area (Å²) in [6, 6.07) is 13.4. The van der Waals surface area contributed by atoms with E-state index in [1.165, 1.54) is 4.31 Å². The number of hydrogen-bond donors (Lipinski definition) is 1. The average molecular weight is 294 g/mol. The molecule has 0 saturated carbocycles. The van der Waals surface area contributed by atoms with Gasteiger partial charge in [0.25, 0.3) is 10.2 Å². The molecule has 1 aromatic heterocycles. The summed E-state index contributed by atoms with van der Waals surface area (Å²) >= 11 is 1.58. The molecule has 0 amide bonds. The number of rotatable bonds is 3. The first kappa shape index (κ1) is 12.8. The van der Waals surface area contributed by atoms with Gasteiger partial charge in [0.2, 0.25) is 0 Å². The molecule has 4 nitrogen and oxygen atoms in total. The van der Waals surface area contributed by atoms with E-state index in [0.717, 1.165) is 10.4 Å². The van der Waals surface area contributed by atoms with Gasteiger partial charge >= 0.3 is 0 Å². The Balaban J connectivity index is 1.79. The second-order valence-electron chi connectivity index (χ2n) is 4.47. The van der Waals surface area contributed by atoms with Crippen LogP contribution in [0.25, 0.3) is 0 Å². The molecule has 6 heteroatoms. The molecule has 1 aromatic carbocycles. The van der Waals surface area contributed by atoms with Gasteiger partial charge in [0.05, 0.1) is 6.04 Å². The fourth-order valence-corrected chi connectivity index (χ4v) is 4.39. The van der Waals surface area contributed by atoms with Crippen LogP contribution >= 0.6 is 11.3 Å². The van der Waals surface area contributed by atoms with Crippen LogP contribution in [0.4, 0.5) is 0 Å². The van der Waals surface area contributed by atoms with Crippen LogP contribution in [0.5, 0.6) is 0 Å². The molecule has 0 spiro atoms. The molecule has 1 fully saturated rings. The van der Waals surface area contributed by atoms with Crippen molar-refractivity contribution in [2.45, 2.75) is 12.6 Å². The third kappa shape index (κ3) is 2.71. The minimum Gasteiger partial charge on any atom is -0.195 e. The quantitative estimate of drug-likeness (QED) is 0.943. The summed E-state index contributed by atoms with van der Waals surface area (Å²) in [5.74, 6) is 0. The molecule has 1 N–H and O–H groups in total. The van der Waals surface area contributed by atoms with Crippen LogP contribution in [0.15, 0.2) is 47.8 Å². The molecule has 1 aliphatic heterocycles. The first-order chi connectivity index (χ1) is 9.15. The molecule has 0 bridgehead atoms. The summed E-state index contributed by atoms with van der Waals surface area (Å²) in [5, 5.41) is 1.96. The molecular formula is C13H14N2O2S2. The standard InChI is InChI=1S/C13H14N2O2S2/c16-19(17)14-12(13-7-4-8-18-13)10-15(19)9-11-5-2-1-3-6-11/h1-8,12,14H,9-10H2. The monoisotopic (exact) mass is 294 g/mol.